The van der Waals surface area contributed by atoms with Crippen molar-refractivity contribution in [1.29, 1.82) is 5.26 Å². The van der Waals surface area contributed by atoms with Gasteiger partial charge in [0.15, 0.2) is 0 Å². The van der Waals surface area contributed by atoms with Crippen molar-refractivity contribution in [3.05, 3.63) is 88.5 Å². The summed E-state index contributed by atoms with van der Waals surface area (Å²) in [6.45, 7) is 2.68. The molecule has 0 bridgehead atoms. The van der Waals surface area contributed by atoms with Crippen LogP contribution >= 0.6 is 15.9 Å². The lowest BCUT2D eigenvalue weighted by Gasteiger charge is -2.17. The monoisotopic (exact) mass is 405 g/mol. The summed E-state index contributed by atoms with van der Waals surface area (Å²) in [7, 11) is 0. The fourth-order valence-electron chi connectivity index (χ4n) is 2.98. The number of benzene rings is 2. The van der Waals surface area contributed by atoms with Crippen LogP contribution < -0.4 is 4.74 Å². The highest BCUT2D eigenvalue weighted by Crippen LogP contribution is 2.33. The van der Waals surface area contributed by atoms with Crippen LogP contribution in [-0.4, -0.2) is 6.61 Å². The third-order valence-corrected chi connectivity index (χ3v) is 4.98. The third kappa shape index (κ3) is 4.33. The Hall–Kier alpha value is -2.57. The molecule has 3 rings (SSSR count). The van der Waals surface area contributed by atoms with E-state index < -0.39 is 0 Å². The van der Waals surface area contributed by atoms with Gasteiger partial charge in [-0.3, -0.25) is 0 Å². The van der Waals surface area contributed by atoms with Crippen LogP contribution in [0.3, 0.4) is 0 Å². The molecule has 1 unspecified atom stereocenters. The summed E-state index contributed by atoms with van der Waals surface area (Å²) in [5, 5.41) is 9.25. The van der Waals surface area contributed by atoms with Crippen molar-refractivity contribution < 1.29 is 4.74 Å². The minimum atomic E-state index is 0.375. The lowest BCUT2D eigenvalue weighted by molar-refractivity contribution is 0.341. The van der Waals surface area contributed by atoms with Crippen LogP contribution in [0.1, 0.15) is 18.9 Å². The zero-order chi connectivity index (χ0) is 18.4. The van der Waals surface area contributed by atoms with Gasteiger partial charge in [0.25, 0.3) is 0 Å². The lowest BCUT2D eigenvalue weighted by atomic mass is 9.96. The summed E-state index contributed by atoms with van der Waals surface area (Å²) in [5.74, 6) is 1.11. The van der Waals surface area contributed by atoms with Gasteiger partial charge in [-0.1, -0.05) is 65.4 Å². The number of hydrogen-bond donors (Lipinski definition) is 0. The largest absolute Gasteiger partial charge is 0.489 e. The number of rotatable bonds is 5. The maximum absolute atomic E-state index is 9.25. The van der Waals surface area contributed by atoms with Gasteiger partial charge in [-0.05, 0) is 47.9 Å². The van der Waals surface area contributed by atoms with Crippen molar-refractivity contribution in [3.63, 3.8) is 0 Å². The van der Waals surface area contributed by atoms with Gasteiger partial charge in [-0.2, -0.15) is 5.26 Å². The van der Waals surface area contributed by atoms with Gasteiger partial charge >= 0.3 is 0 Å². The number of hydrogen-bond acceptors (Lipinski definition) is 2. The quantitative estimate of drug-likeness (QED) is 0.572. The molecule has 0 radical (unpaired) electrons. The van der Waals surface area contributed by atoms with Crippen LogP contribution in [0, 0.1) is 17.2 Å². The summed E-state index contributed by atoms with van der Waals surface area (Å²) in [6.07, 6.45) is 11.5. The molecule has 1 atom stereocenters. The van der Waals surface area contributed by atoms with Gasteiger partial charge < -0.3 is 4.74 Å². The van der Waals surface area contributed by atoms with Crippen molar-refractivity contribution in [2.75, 3.05) is 6.61 Å². The third-order valence-electron chi connectivity index (χ3n) is 4.45. The predicted molar refractivity (Wildman–Crippen MR) is 110 cm³/mol. The first-order valence-corrected chi connectivity index (χ1v) is 9.47. The highest BCUT2D eigenvalue weighted by molar-refractivity contribution is 9.10. The van der Waals surface area contributed by atoms with E-state index in [1.165, 1.54) is 5.57 Å². The SMILES string of the molecule is CCC1C=CC=CC=C1COc1cc(C#N)ccc1-c1ccc(Br)cc1. The number of nitriles is 1. The van der Waals surface area contributed by atoms with E-state index in [-0.39, 0.29) is 0 Å². The first-order valence-electron chi connectivity index (χ1n) is 8.68. The van der Waals surface area contributed by atoms with Gasteiger partial charge in [-0.15, -0.1) is 0 Å². The summed E-state index contributed by atoms with van der Waals surface area (Å²) in [4.78, 5) is 0. The summed E-state index contributed by atoms with van der Waals surface area (Å²) < 4.78 is 7.23. The van der Waals surface area contributed by atoms with E-state index in [1.54, 1.807) is 0 Å². The van der Waals surface area contributed by atoms with Crippen LogP contribution in [0.4, 0.5) is 0 Å². The topological polar surface area (TPSA) is 33.0 Å². The van der Waals surface area contributed by atoms with Crippen molar-refractivity contribution in [1.82, 2.24) is 0 Å². The van der Waals surface area contributed by atoms with Gasteiger partial charge in [0, 0.05) is 16.0 Å². The van der Waals surface area contributed by atoms with Gasteiger partial charge in [0.1, 0.15) is 12.4 Å². The van der Waals surface area contributed by atoms with Crippen LogP contribution in [-0.2, 0) is 0 Å². The second-order valence-corrected chi connectivity index (χ2v) is 7.06. The minimum absolute atomic E-state index is 0.375. The van der Waals surface area contributed by atoms with Crippen molar-refractivity contribution in [2.45, 2.75) is 13.3 Å². The zero-order valence-corrected chi connectivity index (χ0v) is 16.2. The Morgan fingerprint density at radius 2 is 1.88 bits per heavy atom. The minimum Gasteiger partial charge on any atom is -0.489 e. The molecule has 3 heteroatoms. The van der Waals surface area contributed by atoms with Crippen molar-refractivity contribution in [3.8, 4) is 22.9 Å². The Morgan fingerprint density at radius 1 is 1.08 bits per heavy atom. The Morgan fingerprint density at radius 3 is 2.62 bits per heavy atom. The van der Waals surface area contributed by atoms with Crippen LogP contribution in [0.15, 0.2) is 82.9 Å². The Labute approximate surface area is 163 Å². The molecule has 0 N–H and O–H groups in total. The molecule has 26 heavy (non-hydrogen) atoms. The molecule has 0 amide bonds. The van der Waals surface area contributed by atoms with Crippen molar-refractivity contribution in [2.24, 2.45) is 5.92 Å². The highest BCUT2D eigenvalue weighted by Gasteiger charge is 2.13. The molecule has 0 saturated heterocycles. The average molecular weight is 406 g/mol. The lowest BCUT2D eigenvalue weighted by Crippen LogP contribution is -2.09. The average Bonchev–Trinajstić information content (AvgIpc) is 2.91. The fourth-order valence-corrected chi connectivity index (χ4v) is 3.25. The molecule has 2 nitrogen and oxygen atoms in total. The maximum atomic E-state index is 9.25. The second kappa shape index (κ2) is 8.69. The molecule has 2 aromatic carbocycles. The molecule has 2 aromatic rings. The van der Waals surface area contributed by atoms with E-state index in [9.17, 15) is 5.26 Å². The number of halogens is 1. The van der Waals surface area contributed by atoms with Crippen LogP contribution in [0.2, 0.25) is 0 Å². The summed E-state index contributed by atoms with van der Waals surface area (Å²) >= 11 is 3.47. The molecule has 1 aliphatic carbocycles. The molecule has 1 aliphatic rings. The predicted octanol–water partition coefficient (Wildman–Crippen LogP) is 6.45. The van der Waals surface area contributed by atoms with Gasteiger partial charge in [0.2, 0.25) is 0 Å². The fraction of sp³-hybridized carbons (Fsp3) is 0.174. The zero-order valence-electron chi connectivity index (χ0n) is 14.7. The van der Waals surface area contributed by atoms with E-state index in [1.807, 2.05) is 54.6 Å². The Bertz CT molecular complexity index is 901. The van der Waals surface area contributed by atoms with E-state index in [4.69, 9.17) is 4.74 Å². The molecule has 130 valence electrons. The normalized spacial score (nSPS) is 15.9. The van der Waals surface area contributed by atoms with E-state index in [2.05, 4.69) is 47.2 Å². The molecule has 0 aliphatic heterocycles. The van der Waals surface area contributed by atoms with Crippen LogP contribution in [0.25, 0.3) is 11.1 Å². The van der Waals surface area contributed by atoms with Crippen LogP contribution in [0.5, 0.6) is 5.75 Å². The van der Waals surface area contributed by atoms with Gasteiger partial charge in [0.05, 0.1) is 11.6 Å². The second-order valence-electron chi connectivity index (χ2n) is 6.14. The molecule has 0 spiro atoms. The molecular formula is C23H20BrNO. The first-order chi connectivity index (χ1) is 12.7. The molecule has 0 fully saturated rings. The molecular weight excluding hydrogens is 386 g/mol. The summed E-state index contributed by atoms with van der Waals surface area (Å²) in [6, 6.07) is 15.9. The Kier molecular flexibility index (Phi) is 6.09. The van der Waals surface area contributed by atoms with E-state index in [0.29, 0.717) is 18.1 Å². The number of nitrogens with zero attached hydrogens (tertiary/aromatic N) is 1. The Balaban J connectivity index is 1.89. The number of ether oxygens (including phenoxy) is 1. The smallest absolute Gasteiger partial charge is 0.128 e. The molecule has 0 saturated carbocycles. The molecule has 0 aromatic heterocycles. The van der Waals surface area contributed by atoms with E-state index >= 15 is 0 Å². The van der Waals surface area contributed by atoms with Crippen molar-refractivity contribution >= 4 is 15.9 Å². The maximum Gasteiger partial charge on any atom is 0.128 e. The standard InChI is InChI=1S/C23H20BrNO/c1-2-18-6-4-3-5-7-20(18)16-26-23-14-17(15-25)8-13-22(23)19-9-11-21(24)12-10-19/h3-14,18H,2,16H2,1H3. The van der Waals surface area contributed by atoms with Gasteiger partial charge in [-0.25, -0.2) is 0 Å². The highest BCUT2D eigenvalue weighted by atomic mass is 79.9. The summed E-state index contributed by atoms with van der Waals surface area (Å²) in [5.41, 5.74) is 3.89. The molecule has 0 heterocycles. The first kappa shape index (κ1) is 18.2. The number of allylic oxidation sites excluding steroid dienone is 5. The van der Waals surface area contributed by atoms with E-state index in [0.717, 1.165) is 27.8 Å².